The van der Waals surface area contributed by atoms with Gasteiger partial charge in [0.15, 0.2) is 0 Å². The number of methoxy groups -OCH3 is 1. The lowest BCUT2D eigenvalue weighted by Gasteiger charge is -2.06. The molecule has 1 aromatic heterocycles. The average Bonchev–Trinajstić information content (AvgIpc) is 2.20. The first-order valence-corrected chi connectivity index (χ1v) is 5.34. The molecule has 4 heteroatoms. The molecule has 1 heterocycles. The van der Waals surface area contributed by atoms with Crippen LogP contribution in [0.5, 0.6) is 0 Å². The summed E-state index contributed by atoms with van der Waals surface area (Å²) in [5.74, 6) is 0. The first kappa shape index (κ1) is 10.4. The maximum atomic E-state index is 5.94. The molecule has 0 unspecified atom stereocenters. The summed E-state index contributed by atoms with van der Waals surface area (Å²) in [4.78, 5) is 4.47. The van der Waals surface area contributed by atoms with Crippen LogP contribution in [-0.4, -0.2) is 12.1 Å². The van der Waals surface area contributed by atoms with E-state index in [1.807, 2.05) is 24.3 Å². The molecule has 0 amide bonds. The SMILES string of the molecule is COCc1cc(N)c2cccc(Br)c2n1. The molecule has 0 aliphatic heterocycles. The summed E-state index contributed by atoms with van der Waals surface area (Å²) in [5, 5.41) is 0.962. The van der Waals surface area contributed by atoms with Crippen LogP contribution in [0.4, 0.5) is 5.69 Å². The lowest BCUT2D eigenvalue weighted by atomic mass is 10.1. The summed E-state index contributed by atoms with van der Waals surface area (Å²) in [6, 6.07) is 7.70. The molecule has 2 N–H and O–H groups in total. The van der Waals surface area contributed by atoms with Crippen molar-refractivity contribution in [1.29, 1.82) is 0 Å². The van der Waals surface area contributed by atoms with Gasteiger partial charge in [0.2, 0.25) is 0 Å². The van der Waals surface area contributed by atoms with Crippen LogP contribution in [0.3, 0.4) is 0 Å². The van der Waals surface area contributed by atoms with Gasteiger partial charge in [-0.1, -0.05) is 12.1 Å². The van der Waals surface area contributed by atoms with Crippen LogP contribution >= 0.6 is 15.9 Å². The van der Waals surface area contributed by atoms with E-state index in [9.17, 15) is 0 Å². The van der Waals surface area contributed by atoms with E-state index in [-0.39, 0.29) is 0 Å². The van der Waals surface area contributed by atoms with Crippen LogP contribution in [-0.2, 0) is 11.3 Å². The van der Waals surface area contributed by atoms with Crippen molar-refractivity contribution in [2.45, 2.75) is 6.61 Å². The summed E-state index contributed by atoms with van der Waals surface area (Å²) in [5.41, 5.74) is 8.39. The highest BCUT2D eigenvalue weighted by Crippen LogP contribution is 2.26. The molecule has 0 aliphatic rings. The fraction of sp³-hybridized carbons (Fsp3) is 0.182. The lowest BCUT2D eigenvalue weighted by molar-refractivity contribution is 0.182. The van der Waals surface area contributed by atoms with Gasteiger partial charge in [-0.25, -0.2) is 4.98 Å². The minimum atomic E-state index is 0.474. The molecule has 0 aliphatic carbocycles. The van der Waals surface area contributed by atoms with E-state index in [0.717, 1.165) is 26.8 Å². The molecule has 0 saturated carbocycles. The molecule has 0 atom stereocenters. The van der Waals surface area contributed by atoms with Crippen molar-refractivity contribution < 1.29 is 4.74 Å². The summed E-state index contributed by atoms with van der Waals surface area (Å²) in [6.45, 7) is 0.474. The van der Waals surface area contributed by atoms with Gasteiger partial charge < -0.3 is 10.5 Å². The van der Waals surface area contributed by atoms with Gasteiger partial charge in [0, 0.05) is 22.7 Å². The van der Waals surface area contributed by atoms with Crippen LogP contribution in [0.1, 0.15) is 5.69 Å². The van der Waals surface area contributed by atoms with Crippen LogP contribution in [0.25, 0.3) is 10.9 Å². The van der Waals surface area contributed by atoms with Crippen molar-refractivity contribution in [2.75, 3.05) is 12.8 Å². The second-order valence-corrected chi connectivity index (χ2v) is 4.13. The number of hydrogen-bond acceptors (Lipinski definition) is 3. The largest absolute Gasteiger partial charge is 0.398 e. The molecule has 1 aromatic carbocycles. The number of para-hydroxylation sites is 1. The molecule has 78 valence electrons. The fourth-order valence-electron chi connectivity index (χ4n) is 1.52. The number of nitrogens with zero attached hydrogens (tertiary/aromatic N) is 1. The number of hydrogen-bond donors (Lipinski definition) is 1. The molecule has 0 radical (unpaired) electrons. The Kier molecular flexibility index (Phi) is 2.88. The van der Waals surface area contributed by atoms with E-state index >= 15 is 0 Å². The van der Waals surface area contributed by atoms with Crippen LogP contribution in [0.15, 0.2) is 28.7 Å². The summed E-state index contributed by atoms with van der Waals surface area (Å²) < 4.78 is 5.99. The first-order chi connectivity index (χ1) is 7.22. The Hall–Kier alpha value is -1.13. The highest BCUT2D eigenvalue weighted by atomic mass is 79.9. The smallest absolute Gasteiger partial charge is 0.0885 e. The monoisotopic (exact) mass is 266 g/mol. The third-order valence-corrected chi connectivity index (χ3v) is 2.81. The van der Waals surface area contributed by atoms with Crippen LogP contribution < -0.4 is 5.73 Å². The minimum Gasteiger partial charge on any atom is -0.398 e. The van der Waals surface area contributed by atoms with Crippen molar-refractivity contribution >= 4 is 32.5 Å². The summed E-state index contributed by atoms with van der Waals surface area (Å²) in [6.07, 6.45) is 0. The second kappa shape index (κ2) is 4.16. The minimum absolute atomic E-state index is 0.474. The quantitative estimate of drug-likeness (QED) is 0.910. The second-order valence-electron chi connectivity index (χ2n) is 3.27. The van der Waals surface area contributed by atoms with Gasteiger partial charge in [0.05, 0.1) is 17.8 Å². The number of pyridine rings is 1. The van der Waals surface area contributed by atoms with E-state index < -0.39 is 0 Å². The van der Waals surface area contributed by atoms with Gasteiger partial charge in [0.1, 0.15) is 0 Å². The topological polar surface area (TPSA) is 48.1 Å². The van der Waals surface area contributed by atoms with E-state index in [0.29, 0.717) is 6.61 Å². The highest BCUT2D eigenvalue weighted by Gasteiger charge is 2.05. The van der Waals surface area contributed by atoms with E-state index in [1.165, 1.54) is 0 Å². The Balaban J connectivity index is 2.68. The zero-order valence-electron chi connectivity index (χ0n) is 8.33. The fourth-order valence-corrected chi connectivity index (χ4v) is 1.97. The Morgan fingerprint density at radius 2 is 2.27 bits per heavy atom. The number of ether oxygens (including phenoxy) is 1. The Morgan fingerprint density at radius 1 is 1.47 bits per heavy atom. The highest BCUT2D eigenvalue weighted by molar-refractivity contribution is 9.10. The zero-order valence-corrected chi connectivity index (χ0v) is 9.91. The molecule has 15 heavy (non-hydrogen) atoms. The number of halogens is 1. The van der Waals surface area contributed by atoms with Crippen molar-refractivity contribution in [3.63, 3.8) is 0 Å². The van der Waals surface area contributed by atoms with Crippen molar-refractivity contribution in [1.82, 2.24) is 4.98 Å². The summed E-state index contributed by atoms with van der Waals surface area (Å²) in [7, 11) is 1.64. The molecular weight excluding hydrogens is 256 g/mol. The number of anilines is 1. The van der Waals surface area contributed by atoms with Gasteiger partial charge in [-0.15, -0.1) is 0 Å². The standard InChI is InChI=1S/C11H11BrN2O/c1-15-6-7-5-10(13)8-3-2-4-9(12)11(8)14-7/h2-5H,6H2,1H3,(H2,13,14). The molecule has 0 fully saturated rings. The molecule has 0 bridgehead atoms. The Labute approximate surface area is 96.4 Å². The van der Waals surface area contributed by atoms with Crippen LogP contribution in [0.2, 0.25) is 0 Å². The first-order valence-electron chi connectivity index (χ1n) is 4.55. The lowest BCUT2D eigenvalue weighted by Crippen LogP contribution is -1.97. The number of rotatable bonds is 2. The maximum Gasteiger partial charge on any atom is 0.0885 e. The predicted octanol–water partition coefficient (Wildman–Crippen LogP) is 2.73. The number of fused-ring (bicyclic) bond motifs is 1. The third-order valence-electron chi connectivity index (χ3n) is 2.17. The van der Waals surface area contributed by atoms with Gasteiger partial charge in [-0.2, -0.15) is 0 Å². The van der Waals surface area contributed by atoms with Gasteiger partial charge in [-0.3, -0.25) is 0 Å². The number of nitrogens with two attached hydrogens (primary N) is 1. The number of aromatic nitrogens is 1. The third kappa shape index (κ3) is 1.96. The van der Waals surface area contributed by atoms with Gasteiger partial charge in [-0.05, 0) is 28.1 Å². The number of nitrogen functional groups attached to an aromatic ring is 1. The van der Waals surface area contributed by atoms with E-state index in [2.05, 4.69) is 20.9 Å². The Bertz CT molecular complexity index is 499. The number of benzene rings is 1. The van der Waals surface area contributed by atoms with Crippen molar-refractivity contribution in [3.05, 3.63) is 34.4 Å². The average molecular weight is 267 g/mol. The predicted molar refractivity (Wildman–Crippen MR) is 64.6 cm³/mol. The molecule has 0 saturated heterocycles. The summed E-state index contributed by atoms with van der Waals surface area (Å²) >= 11 is 3.46. The molecule has 2 rings (SSSR count). The normalized spacial score (nSPS) is 10.8. The molecular formula is C11H11BrN2O. The van der Waals surface area contributed by atoms with E-state index in [1.54, 1.807) is 7.11 Å². The van der Waals surface area contributed by atoms with Crippen molar-refractivity contribution in [3.8, 4) is 0 Å². The maximum absolute atomic E-state index is 5.94. The molecule has 2 aromatic rings. The van der Waals surface area contributed by atoms with Crippen molar-refractivity contribution in [2.24, 2.45) is 0 Å². The van der Waals surface area contributed by atoms with E-state index in [4.69, 9.17) is 10.5 Å². The molecule has 3 nitrogen and oxygen atoms in total. The van der Waals surface area contributed by atoms with Gasteiger partial charge in [0.25, 0.3) is 0 Å². The Morgan fingerprint density at radius 3 is 3.00 bits per heavy atom. The van der Waals surface area contributed by atoms with Crippen LogP contribution in [0, 0.1) is 0 Å². The van der Waals surface area contributed by atoms with Gasteiger partial charge >= 0.3 is 0 Å². The zero-order chi connectivity index (χ0) is 10.8. The molecule has 0 spiro atoms.